The van der Waals surface area contributed by atoms with Gasteiger partial charge >= 0.3 is 0 Å². The summed E-state index contributed by atoms with van der Waals surface area (Å²) in [6.07, 6.45) is 0.941. The molecule has 1 aromatic rings. The molecule has 0 bridgehead atoms. The Bertz CT molecular complexity index is 420. The minimum absolute atomic E-state index is 0.806. The van der Waals surface area contributed by atoms with Crippen LogP contribution in [0.3, 0.4) is 0 Å². The van der Waals surface area contributed by atoms with Crippen molar-refractivity contribution >= 4 is 12.0 Å². The molecule has 1 aliphatic heterocycles. The lowest BCUT2D eigenvalue weighted by atomic mass is 10.0. The van der Waals surface area contributed by atoms with E-state index >= 15 is 0 Å². The highest BCUT2D eigenvalue weighted by Gasteiger charge is 2.16. The molecule has 0 unspecified atom stereocenters. The number of hydrogen-bond acceptors (Lipinski definition) is 3. The van der Waals surface area contributed by atoms with Crippen LogP contribution in [-0.2, 0) is 0 Å². The lowest BCUT2D eigenvalue weighted by Gasteiger charge is -2.35. The molecule has 0 aromatic heterocycles. The molecule has 0 saturated carbocycles. The molecule has 0 amide bonds. The van der Waals surface area contributed by atoms with Crippen LogP contribution in [0.5, 0.6) is 0 Å². The van der Waals surface area contributed by atoms with Gasteiger partial charge in [0.15, 0.2) is 0 Å². The summed E-state index contributed by atoms with van der Waals surface area (Å²) in [6, 6.07) is 4.14. The second-order valence-corrected chi connectivity index (χ2v) is 4.90. The Morgan fingerprint density at radius 2 is 1.71 bits per heavy atom. The largest absolute Gasteiger partial charge is 0.369 e. The Balaban J connectivity index is 2.26. The van der Waals surface area contributed by atoms with E-state index in [-0.39, 0.29) is 0 Å². The predicted octanol–water partition coefficient (Wildman–Crippen LogP) is 1.87. The molecule has 1 aliphatic rings. The van der Waals surface area contributed by atoms with Crippen molar-refractivity contribution in [1.29, 1.82) is 0 Å². The average molecular weight is 232 g/mol. The molecule has 3 nitrogen and oxygen atoms in total. The van der Waals surface area contributed by atoms with Crippen LogP contribution < -0.4 is 4.90 Å². The number of carbonyl (C=O) groups excluding carboxylic acids is 1. The third-order valence-corrected chi connectivity index (χ3v) is 3.56. The zero-order valence-electron chi connectivity index (χ0n) is 10.9. The van der Waals surface area contributed by atoms with Crippen LogP contribution in [0, 0.1) is 13.8 Å². The first-order chi connectivity index (χ1) is 8.11. The fourth-order valence-electron chi connectivity index (χ4n) is 2.34. The summed E-state index contributed by atoms with van der Waals surface area (Å²) < 4.78 is 0. The van der Waals surface area contributed by atoms with Crippen LogP contribution in [0.2, 0.25) is 0 Å². The highest BCUT2D eigenvalue weighted by atomic mass is 16.1. The minimum Gasteiger partial charge on any atom is -0.369 e. The molecule has 0 radical (unpaired) electrons. The van der Waals surface area contributed by atoms with Crippen molar-refractivity contribution in [3.8, 4) is 0 Å². The summed E-state index contributed by atoms with van der Waals surface area (Å²) in [4.78, 5) is 15.6. The maximum absolute atomic E-state index is 10.9. The number of anilines is 1. The van der Waals surface area contributed by atoms with Gasteiger partial charge < -0.3 is 9.80 Å². The van der Waals surface area contributed by atoms with E-state index in [4.69, 9.17) is 0 Å². The van der Waals surface area contributed by atoms with E-state index in [1.165, 1.54) is 11.3 Å². The molecule has 1 saturated heterocycles. The molecule has 3 heteroatoms. The maximum Gasteiger partial charge on any atom is 0.150 e. The van der Waals surface area contributed by atoms with E-state index in [0.717, 1.165) is 43.6 Å². The number of nitrogens with zero attached hydrogens (tertiary/aromatic N) is 2. The molecule has 0 atom stereocenters. The second-order valence-electron chi connectivity index (χ2n) is 4.90. The molecule has 1 heterocycles. The van der Waals surface area contributed by atoms with Crippen molar-refractivity contribution < 1.29 is 4.79 Å². The molecule has 0 N–H and O–H groups in total. The summed E-state index contributed by atoms with van der Waals surface area (Å²) in [5, 5.41) is 0. The summed E-state index contributed by atoms with van der Waals surface area (Å²) in [5.41, 5.74) is 4.35. The highest BCUT2D eigenvalue weighted by molar-refractivity contribution is 5.79. The number of rotatable bonds is 2. The number of piperazine rings is 1. The topological polar surface area (TPSA) is 23.6 Å². The number of benzene rings is 1. The lowest BCUT2D eigenvalue weighted by molar-refractivity contribution is 0.112. The first-order valence-electron chi connectivity index (χ1n) is 6.11. The average Bonchev–Trinajstić information content (AvgIpc) is 2.33. The van der Waals surface area contributed by atoms with Gasteiger partial charge in [0.1, 0.15) is 6.29 Å². The van der Waals surface area contributed by atoms with Crippen LogP contribution in [0.4, 0.5) is 5.69 Å². The monoisotopic (exact) mass is 232 g/mol. The van der Waals surface area contributed by atoms with E-state index in [2.05, 4.69) is 29.8 Å². The van der Waals surface area contributed by atoms with Crippen LogP contribution in [0.15, 0.2) is 12.1 Å². The third kappa shape index (κ3) is 2.50. The Morgan fingerprint density at radius 3 is 2.29 bits per heavy atom. The van der Waals surface area contributed by atoms with Crippen LogP contribution >= 0.6 is 0 Å². The third-order valence-electron chi connectivity index (χ3n) is 3.56. The quantitative estimate of drug-likeness (QED) is 0.727. The van der Waals surface area contributed by atoms with Crippen LogP contribution in [0.1, 0.15) is 21.5 Å². The van der Waals surface area contributed by atoms with Gasteiger partial charge in [-0.3, -0.25) is 4.79 Å². The molecule has 92 valence electrons. The minimum atomic E-state index is 0.806. The Kier molecular flexibility index (Phi) is 3.48. The number of hydrogen-bond donors (Lipinski definition) is 0. The molecule has 17 heavy (non-hydrogen) atoms. The summed E-state index contributed by atoms with van der Waals surface area (Å²) in [6.45, 7) is 8.43. The van der Waals surface area contributed by atoms with Crippen molar-refractivity contribution in [2.45, 2.75) is 13.8 Å². The predicted molar refractivity (Wildman–Crippen MR) is 71.0 cm³/mol. The van der Waals surface area contributed by atoms with Gasteiger partial charge in [0.2, 0.25) is 0 Å². The number of carbonyl (C=O) groups is 1. The van der Waals surface area contributed by atoms with Gasteiger partial charge in [-0.15, -0.1) is 0 Å². The highest BCUT2D eigenvalue weighted by Crippen LogP contribution is 2.24. The normalized spacial score (nSPS) is 17.2. The number of aryl methyl sites for hydroxylation is 2. The number of likely N-dealkylation sites (N-methyl/N-ethyl adjacent to an activating group) is 1. The molecule has 0 spiro atoms. The first kappa shape index (κ1) is 12.1. The van der Waals surface area contributed by atoms with E-state index in [1.807, 2.05) is 13.0 Å². The summed E-state index contributed by atoms with van der Waals surface area (Å²) >= 11 is 0. The van der Waals surface area contributed by atoms with Gasteiger partial charge in [0.05, 0.1) is 0 Å². The van der Waals surface area contributed by atoms with E-state index in [0.29, 0.717) is 0 Å². The fraction of sp³-hybridized carbons (Fsp3) is 0.500. The van der Waals surface area contributed by atoms with Crippen molar-refractivity contribution in [2.24, 2.45) is 0 Å². The summed E-state index contributed by atoms with van der Waals surface area (Å²) in [7, 11) is 2.16. The van der Waals surface area contributed by atoms with Crippen LogP contribution in [0.25, 0.3) is 0 Å². The smallest absolute Gasteiger partial charge is 0.150 e. The van der Waals surface area contributed by atoms with E-state index in [9.17, 15) is 4.79 Å². The zero-order chi connectivity index (χ0) is 12.4. The van der Waals surface area contributed by atoms with Crippen molar-refractivity contribution in [3.05, 3.63) is 28.8 Å². The zero-order valence-corrected chi connectivity index (χ0v) is 10.9. The number of aldehydes is 1. The molecular weight excluding hydrogens is 212 g/mol. The van der Waals surface area contributed by atoms with Gasteiger partial charge in [-0.1, -0.05) is 0 Å². The van der Waals surface area contributed by atoms with Crippen LogP contribution in [-0.4, -0.2) is 44.4 Å². The first-order valence-corrected chi connectivity index (χ1v) is 6.11. The SMILES string of the molecule is Cc1cc(N2CCN(C)CC2)c(C)cc1C=O. The van der Waals surface area contributed by atoms with Gasteiger partial charge in [0, 0.05) is 37.4 Å². The standard InChI is InChI=1S/C14H20N2O/c1-11-9-14(12(2)8-13(11)10-17)16-6-4-15(3)5-7-16/h8-10H,4-7H2,1-3H3. The maximum atomic E-state index is 10.9. The van der Waals surface area contributed by atoms with Gasteiger partial charge in [-0.05, 0) is 44.2 Å². The van der Waals surface area contributed by atoms with Crippen molar-refractivity contribution in [3.63, 3.8) is 0 Å². The van der Waals surface area contributed by atoms with Crippen molar-refractivity contribution in [2.75, 3.05) is 38.1 Å². The van der Waals surface area contributed by atoms with Gasteiger partial charge in [-0.25, -0.2) is 0 Å². The molecule has 1 aromatic carbocycles. The fourth-order valence-corrected chi connectivity index (χ4v) is 2.34. The Hall–Kier alpha value is -1.35. The summed E-state index contributed by atoms with van der Waals surface area (Å²) in [5.74, 6) is 0. The lowest BCUT2D eigenvalue weighted by Crippen LogP contribution is -2.44. The molecule has 0 aliphatic carbocycles. The second kappa shape index (κ2) is 4.88. The molecule has 2 rings (SSSR count). The molecule has 1 fully saturated rings. The van der Waals surface area contributed by atoms with Gasteiger partial charge in [0.25, 0.3) is 0 Å². The van der Waals surface area contributed by atoms with E-state index < -0.39 is 0 Å². The van der Waals surface area contributed by atoms with E-state index in [1.54, 1.807) is 0 Å². The van der Waals surface area contributed by atoms with Crippen molar-refractivity contribution in [1.82, 2.24) is 4.90 Å². The Morgan fingerprint density at radius 1 is 1.06 bits per heavy atom. The molecular formula is C14H20N2O. The Labute approximate surface area is 103 Å². The van der Waals surface area contributed by atoms with Gasteiger partial charge in [-0.2, -0.15) is 0 Å².